The van der Waals surface area contributed by atoms with Gasteiger partial charge in [0, 0.05) is 0 Å². The van der Waals surface area contributed by atoms with Crippen LogP contribution in [0.4, 0.5) is 0 Å². The monoisotopic (exact) mass is 291 g/mol. The summed E-state index contributed by atoms with van der Waals surface area (Å²) >= 11 is 0. The van der Waals surface area contributed by atoms with Crippen molar-refractivity contribution in [2.45, 2.75) is 32.9 Å². The van der Waals surface area contributed by atoms with Gasteiger partial charge in [0.25, 0.3) is 0 Å². The smallest absolute Gasteiger partial charge is 0.119 e. The number of methoxy groups -OCH3 is 1. The van der Waals surface area contributed by atoms with E-state index in [9.17, 15) is 5.11 Å². The van der Waals surface area contributed by atoms with Crippen molar-refractivity contribution in [3.8, 4) is 11.5 Å². The van der Waals surface area contributed by atoms with Crippen molar-refractivity contribution in [3.05, 3.63) is 35.7 Å². The summed E-state index contributed by atoms with van der Waals surface area (Å²) in [6, 6.07) is 7.44. The van der Waals surface area contributed by atoms with Gasteiger partial charge < -0.3 is 14.6 Å². The maximum atomic E-state index is 9.27. The fourth-order valence-corrected chi connectivity index (χ4v) is 2.19. The van der Waals surface area contributed by atoms with Crippen LogP contribution in [0.2, 0.25) is 0 Å². The van der Waals surface area contributed by atoms with E-state index < -0.39 is 0 Å². The lowest BCUT2D eigenvalue weighted by atomic mass is 10.1. The molecule has 0 radical (unpaired) electrons. The molecule has 114 valence electrons. The lowest BCUT2D eigenvalue weighted by Crippen LogP contribution is -2.13. The first-order chi connectivity index (χ1) is 10.2. The van der Waals surface area contributed by atoms with Crippen LogP contribution in [0, 0.1) is 0 Å². The van der Waals surface area contributed by atoms with Gasteiger partial charge in [0.05, 0.1) is 26.0 Å². The van der Waals surface area contributed by atoms with Gasteiger partial charge in [-0.3, -0.25) is 0 Å². The largest absolute Gasteiger partial charge is 0.497 e. The summed E-state index contributed by atoms with van der Waals surface area (Å²) in [5, 5.41) is 17.3. The molecule has 0 aliphatic heterocycles. The van der Waals surface area contributed by atoms with Gasteiger partial charge in [-0.05, 0) is 30.2 Å². The first kappa shape index (κ1) is 15.3. The van der Waals surface area contributed by atoms with Crippen molar-refractivity contribution >= 4 is 0 Å². The lowest BCUT2D eigenvalue weighted by Gasteiger charge is -2.11. The van der Waals surface area contributed by atoms with E-state index >= 15 is 0 Å². The highest BCUT2D eigenvalue weighted by atomic mass is 16.5. The molecule has 0 atom stereocenters. The maximum absolute atomic E-state index is 9.27. The van der Waals surface area contributed by atoms with E-state index in [0.29, 0.717) is 18.8 Å². The number of aromatic nitrogens is 3. The van der Waals surface area contributed by atoms with Crippen molar-refractivity contribution in [1.82, 2.24) is 15.0 Å². The summed E-state index contributed by atoms with van der Waals surface area (Å²) in [6.45, 7) is 5.09. The average molecular weight is 291 g/mol. The topological polar surface area (TPSA) is 69.4 Å². The molecular weight excluding hydrogens is 270 g/mol. The molecule has 6 heteroatoms. The van der Waals surface area contributed by atoms with Crippen LogP contribution in [0.15, 0.2) is 24.3 Å². The Hall–Kier alpha value is -2.08. The molecule has 1 heterocycles. The molecule has 0 aliphatic rings. The minimum absolute atomic E-state index is 0.0904. The van der Waals surface area contributed by atoms with Gasteiger partial charge in [-0.1, -0.05) is 19.1 Å². The lowest BCUT2D eigenvalue weighted by molar-refractivity contribution is 0.273. The molecule has 2 rings (SSSR count). The standard InChI is InChI=1S/C15H21N3O3/c1-11(2)15-14(10-19)16-17-18(15)8-9-21-13-6-4-12(20-3)5-7-13/h4-7,11,19H,8-10H2,1-3H3. The highest BCUT2D eigenvalue weighted by Crippen LogP contribution is 2.19. The summed E-state index contributed by atoms with van der Waals surface area (Å²) in [7, 11) is 1.63. The van der Waals surface area contributed by atoms with E-state index in [1.54, 1.807) is 11.8 Å². The van der Waals surface area contributed by atoms with Crippen LogP contribution in [0.3, 0.4) is 0 Å². The second-order valence-corrected chi connectivity index (χ2v) is 4.98. The maximum Gasteiger partial charge on any atom is 0.119 e. The molecule has 1 aromatic carbocycles. The van der Waals surface area contributed by atoms with E-state index in [4.69, 9.17) is 9.47 Å². The van der Waals surface area contributed by atoms with Gasteiger partial charge in [-0.15, -0.1) is 5.10 Å². The summed E-state index contributed by atoms with van der Waals surface area (Å²) in [4.78, 5) is 0. The average Bonchev–Trinajstić information content (AvgIpc) is 2.91. The Bertz CT molecular complexity index is 564. The molecule has 1 aromatic heterocycles. The van der Waals surface area contributed by atoms with Crippen molar-refractivity contribution in [3.63, 3.8) is 0 Å². The van der Waals surface area contributed by atoms with Crippen LogP contribution >= 0.6 is 0 Å². The zero-order valence-corrected chi connectivity index (χ0v) is 12.6. The Labute approximate surface area is 124 Å². The van der Waals surface area contributed by atoms with Gasteiger partial charge in [-0.25, -0.2) is 4.68 Å². The Morgan fingerprint density at radius 2 is 1.86 bits per heavy atom. The van der Waals surface area contributed by atoms with Gasteiger partial charge >= 0.3 is 0 Å². The van der Waals surface area contributed by atoms with Crippen molar-refractivity contribution < 1.29 is 14.6 Å². The molecule has 21 heavy (non-hydrogen) atoms. The zero-order chi connectivity index (χ0) is 15.2. The van der Waals surface area contributed by atoms with E-state index in [-0.39, 0.29) is 12.5 Å². The molecule has 0 saturated heterocycles. The van der Waals surface area contributed by atoms with E-state index in [1.807, 2.05) is 24.3 Å². The zero-order valence-electron chi connectivity index (χ0n) is 12.6. The highest BCUT2D eigenvalue weighted by molar-refractivity contribution is 5.31. The molecule has 6 nitrogen and oxygen atoms in total. The third kappa shape index (κ3) is 3.72. The second-order valence-electron chi connectivity index (χ2n) is 4.98. The Morgan fingerprint density at radius 3 is 2.43 bits per heavy atom. The minimum atomic E-state index is -0.0904. The third-order valence-corrected chi connectivity index (χ3v) is 3.18. The molecule has 2 aromatic rings. The first-order valence-electron chi connectivity index (χ1n) is 6.95. The minimum Gasteiger partial charge on any atom is -0.497 e. The fraction of sp³-hybridized carbons (Fsp3) is 0.467. The number of aliphatic hydroxyl groups is 1. The van der Waals surface area contributed by atoms with Crippen molar-refractivity contribution in [2.24, 2.45) is 0 Å². The molecule has 0 spiro atoms. The van der Waals surface area contributed by atoms with Crippen LogP contribution in [-0.2, 0) is 13.2 Å². The normalized spacial score (nSPS) is 10.9. The van der Waals surface area contributed by atoms with Crippen LogP contribution in [-0.4, -0.2) is 33.8 Å². The number of nitrogens with zero attached hydrogens (tertiary/aromatic N) is 3. The first-order valence-corrected chi connectivity index (χ1v) is 6.95. The van der Waals surface area contributed by atoms with Crippen LogP contribution in [0.1, 0.15) is 31.2 Å². The van der Waals surface area contributed by atoms with Crippen molar-refractivity contribution in [1.29, 1.82) is 0 Å². The summed E-state index contributed by atoms with van der Waals surface area (Å²) in [6.07, 6.45) is 0. The molecule has 0 saturated carbocycles. The molecule has 1 N–H and O–H groups in total. The number of benzene rings is 1. The van der Waals surface area contributed by atoms with Crippen molar-refractivity contribution in [2.75, 3.05) is 13.7 Å². The Balaban J connectivity index is 1.95. The van der Waals surface area contributed by atoms with Crippen LogP contribution in [0.25, 0.3) is 0 Å². The predicted octanol–water partition coefficient (Wildman–Crippen LogP) is 1.98. The van der Waals surface area contributed by atoms with E-state index in [1.165, 1.54) is 0 Å². The van der Waals surface area contributed by atoms with Crippen LogP contribution < -0.4 is 9.47 Å². The predicted molar refractivity (Wildman–Crippen MR) is 78.5 cm³/mol. The molecule has 0 amide bonds. The number of hydrogen-bond donors (Lipinski definition) is 1. The molecule has 0 aliphatic carbocycles. The quantitative estimate of drug-likeness (QED) is 0.844. The van der Waals surface area contributed by atoms with Crippen LogP contribution in [0.5, 0.6) is 11.5 Å². The van der Waals surface area contributed by atoms with Gasteiger partial charge in [0.1, 0.15) is 23.8 Å². The fourth-order valence-electron chi connectivity index (χ4n) is 2.19. The van der Waals surface area contributed by atoms with Gasteiger partial charge in [0.15, 0.2) is 0 Å². The second kappa shape index (κ2) is 7.08. The molecule has 0 bridgehead atoms. The van der Waals surface area contributed by atoms with E-state index in [0.717, 1.165) is 17.2 Å². The number of rotatable bonds is 7. The molecule has 0 unspecified atom stereocenters. The highest BCUT2D eigenvalue weighted by Gasteiger charge is 2.15. The summed E-state index contributed by atoms with van der Waals surface area (Å²) in [5.74, 6) is 1.83. The van der Waals surface area contributed by atoms with Gasteiger partial charge in [-0.2, -0.15) is 0 Å². The third-order valence-electron chi connectivity index (χ3n) is 3.18. The van der Waals surface area contributed by atoms with E-state index in [2.05, 4.69) is 24.2 Å². The van der Waals surface area contributed by atoms with Gasteiger partial charge in [0.2, 0.25) is 0 Å². The SMILES string of the molecule is COc1ccc(OCCn2nnc(CO)c2C(C)C)cc1. The summed E-state index contributed by atoms with van der Waals surface area (Å²) in [5.41, 5.74) is 1.59. The molecular formula is C15H21N3O3. The Morgan fingerprint density at radius 1 is 1.19 bits per heavy atom. The summed E-state index contributed by atoms with van der Waals surface area (Å²) < 4.78 is 12.6. The molecule has 0 fully saturated rings. The number of ether oxygens (including phenoxy) is 2. The number of aliphatic hydroxyl groups excluding tert-OH is 1. The Kier molecular flexibility index (Phi) is 5.16. The number of hydrogen-bond acceptors (Lipinski definition) is 5.